The Morgan fingerprint density at radius 1 is 1.26 bits per heavy atom. The molecule has 0 saturated carbocycles. The fourth-order valence-corrected chi connectivity index (χ4v) is 1.42. The number of benzene rings is 1. The summed E-state index contributed by atoms with van der Waals surface area (Å²) in [7, 11) is 0. The summed E-state index contributed by atoms with van der Waals surface area (Å²) in [6, 6.07) is 8.61. The number of hydrogen-bond donors (Lipinski definition) is 0. The zero-order chi connectivity index (χ0) is 14.5. The highest BCUT2D eigenvalue weighted by Crippen LogP contribution is 2.12. The molecule has 4 nitrogen and oxygen atoms in total. The first-order valence-corrected chi connectivity index (χ1v) is 6.06. The van der Waals surface area contributed by atoms with E-state index in [4.69, 9.17) is 4.74 Å². The molecule has 0 N–H and O–H groups in total. The van der Waals surface area contributed by atoms with Gasteiger partial charge in [-0.15, -0.1) is 6.58 Å². The van der Waals surface area contributed by atoms with Crippen molar-refractivity contribution in [2.45, 2.75) is 26.4 Å². The number of imide groups is 1. The maximum Gasteiger partial charge on any atom is 0.417 e. The lowest BCUT2D eigenvalue weighted by atomic mass is 10.2. The number of amides is 2. The Labute approximate surface area is 113 Å². The zero-order valence-electron chi connectivity index (χ0n) is 11.6. The first-order valence-electron chi connectivity index (χ1n) is 6.06. The van der Waals surface area contributed by atoms with Crippen molar-refractivity contribution in [1.29, 1.82) is 0 Å². The summed E-state index contributed by atoms with van der Waals surface area (Å²) >= 11 is 0. The minimum Gasteiger partial charge on any atom is -0.443 e. The molecular weight excluding hydrogens is 242 g/mol. The quantitative estimate of drug-likeness (QED) is 0.785. The number of hydrogen-bond acceptors (Lipinski definition) is 3. The second-order valence-electron chi connectivity index (χ2n) is 5.05. The molecule has 1 aromatic carbocycles. The Hall–Kier alpha value is -2.10. The molecule has 0 aromatic heterocycles. The molecule has 0 saturated heterocycles. The van der Waals surface area contributed by atoms with Crippen LogP contribution in [0.25, 0.3) is 0 Å². The van der Waals surface area contributed by atoms with Gasteiger partial charge in [0.1, 0.15) is 5.60 Å². The van der Waals surface area contributed by atoms with E-state index >= 15 is 0 Å². The molecule has 0 aliphatic heterocycles. The predicted octanol–water partition coefficient (Wildman–Crippen LogP) is 3.25. The van der Waals surface area contributed by atoms with Crippen molar-refractivity contribution in [3.63, 3.8) is 0 Å². The first-order chi connectivity index (χ1) is 8.85. The molecule has 0 spiro atoms. The lowest BCUT2D eigenvalue weighted by Crippen LogP contribution is -2.40. The van der Waals surface area contributed by atoms with E-state index in [2.05, 4.69) is 6.58 Å². The average molecular weight is 261 g/mol. The molecule has 0 atom stereocenters. The van der Waals surface area contributed by atoms with Gasteiger partial charge >= 0.3 is 6.09 Å². The van der Waals surface area contributed by atoms with Crippen molar-refractivity contribution < 1.29 is 14.3 Å². The van der Waals surface area contributed by atoms with Crippen molar-refractivity contribution in [3.8, 4) is 0 Å². The van der Waals surface area contributed by atoms with Crippen molar-refractivity contribution in [3.05, 3.63) is 48.6 Å². The summed E-state index contributed by atoms with van der Waals surface area (Å²) in [5.74, 6) is -0.394. The number of nitrogens with zero attached hydrogens (tertiary/aromatic N) is 1. The Morgan fingerprint density at radius 2 is 1.84 bits per heavy atom. The molecule has 2 amide bonds. The molecule has 0 fully saturated rings. The molecule has 0 unspecified atom stereocenters. The third-order valence-electron chi connectivity index (χ3n) is 2.19. The van der Waals surface area contributed by atoms with Gasteiger partial charge in [-0.2, -0.15) is 0 Å². The average Bonchev–Trinajstić information content (AvgIpc) is 2.34. The van der Waals surface area contributed by atoms with Gasteiger partial charge in [0.05, 0.1) is 6.54 Å². The van der Waals surface area contributed by atoms with Crippen molar-refractivity contribution in [1.82, 2.24) is 4.90 Å². The van der Waals surface area contributed by atoms with Gasteiger partial charge in [0.15, 0.2) is 0 Å². The number of carbonyl (C=O) groups excluding carboxylic acids is 2. The van der Waals surface area contributed by atoms with Gasteiger partial charge in [0, 0.05) is 5.56 Å². The molecule has 0 bridgehead atoms. The van der Waals surface area contributed by atoms with E-state index in [0.29, 0.717) is 5.56 Å². The standard InChI is InChI=1S/C15H19NO3/c1-5-11-16(14(18)19-15(2,3)4)13(17)12-9-7-6-8-10-12/h5-10H,1,11H2,2-4H3. The lowest BCUT2D eigenvalue weighted by molar-refractivity contribution is 0.0261. The van der Waals surface area contributed by atoms with Crippen molar-refractivity contribution in [2.75, 3.05) is 6.54 Å². The van der Waals surface area contributed by atoms with E-state index in [1.807, 2.05) is 6.07 Å². The van der Waals surface area contributed by atoms with E-state index in [9.17, 15) is 9.59 Å². The molecule has 102 valence electrons. The largest absolute Gasteiger partial charge is 0.443 e. The Kier molecular flexibility index (Phi) is 4.87. The smallest absolute Gasteiger partial charge is 0.417 e. The maximum atomic E-state index is 12.2. The third kappa shape index (κ3) is 4.58. The molecule has 0 radical (unpaired) electrons. The molecular formula is C15H19NO3. The highest BCUT2D eigenvalue weighted by Gasteiger charge is 2.26. The van der Waals surface area contributed by atoms with E-state index in [1.54, 1.807) is 45.0 Å². The monoisotopic (exact) mass is 261 g/mol. The van der Waals surface area contributed by atoms with Gasteiger partial charge in [0.2, 0.25) is 0 Å². The fourth-order valence-electron chi connectivity index (χ4n) is 1.42. The van der Waals surface area contributed by atoms with Gasteiger partial charge in [-0.1, -0.05) is 24.3 Å². The zero-order valence-corrected chi connectivity index (χ0v) is 11.6. The van der Waals surface area contributed by atoms with E-state index in [1.165, 1.54) is 6.08 Å². The van der Waals surface area contributed by atoms with Crippen LogP contribution in [0.2, 0.25) is 0 Å². The summed E-state index contributed by atoms with van der Waals surface area (Å²) in [6.45, 7) is 8.93. The molecule has 4 heteroatoms. The summed E-state index contributed by atoms with van der Waals surface area (Å²) in [4.78, 5) is 25.3. The van der Waals surface area contributed by atoms with E-state index in [0.717, 1.165) is 4.90 Å². The van der Waals surface area contributed by atoms with E-state index in [-0.39, 0.29) is 6.54 Å². The third-order valence-corrected chi connectivity index (χ3v) is 2.19. The second kappa shape index (κ2) is 6.18. The van der Waals surface area contributed by atoms with Gasteiger partial charge in [-0.3, -0.25) is 4.79 Å². The van der Waals surface area contributed by atoms with Crippen LogP contribution >= 0.6 is 0 Å². The van der Waals surface area contributed by atoms with Crippen LogP contribution < -0.4 is 0 Å². The summed E-state index contributed by atoms with van der Waals surface area (Å²) in [5, 5.41) is 0. The minimum atomic E-state index is -0.666. The predicted molar refractivity (Wildman–Crippen MR) is 73.9 cm³/mol. The summed E-state index contributed by atoms with van der Waals surface area (Å²) in [6.07, 6.45) is 0.825. The van der Waals surface area contributed by atoms with Gasteiger partial charge in [-0.05, 0) is 32.9 Å². The van der Waals surface area contributed by atoms with Crippen LogP contribution in [0.15, 0.2) is 43.0 Å². The molecule has 0 aliphatic rings. The number of ether oxygens (including phenoxy) is 1. The Balaban J connectivity index is 2.92. The first kappa shape index (κ1) is 15.0. The molecule has 0 heterocycles. The SMILES string of the molecule is C=CCN(C(=O)OC(C)(C)C)C(=O)c1ccccc1. The lowest BCUT2D eigenvalue weighted by Gasteiger charge is -2.25. The van der Waals surface area contributed by atoms with Crippen LogP contribution in [0, 0.1) is 0 Å². The molecule has 19 heavy (non-hydrogen) atoms. The molecule has 1 rings (SSSR count). The van der Waals surface area contributed by atoms with Gasteiger partial charge in [-0.25, -0.2) is 9.69 Å². The normalized spacial score (nSPS) is 10.7. The van der Waals surface area contributed by atoms with Crippen LogP contribution in [0.4, 0.5) is 4.79 Å². The van der Waals surface area contributed by atoms with Gasteiger partial charge in [0.25, 0.3) is 5.91 Å². The van der Waals surface area contributed by atoms with Gasteiger partial charge < -0.3 is 4.74 Å². The maximum absolute atomic E-state index is 12.2. The Morgan fingerprint density at radius 3 is 2.32 bits per heavy atom. The van der Waals surface area contributed by atoms with E-state index < -0.39 is 17.6 Å². The van der Waals surface area contributed by atoms with Crippen LogP contribution in [0.1, 0.15) is 31.1 Å². The van der Waals surface area contributed by atoms with Crippen LogP contribution in [-0.4, -0.2) is 29.0 Å². The molecule has 0 aliphatic carbocycles. The highest BCUT2D eigenvalue weighted by atomic mass is 16.6. The minimum absolute atomic E-state index is 0.114. The number of carbonyl (C=O) groups is 2. The van der Waals surface area contributed by atoms with Crippen LogP contribution in [0.5, 0.6) is 0 Å². The second-order valence-corrected chi connectivity index (χ2v) is 5.05. The van der Waals surface area contributed by atoms with Crippen molar-refractivity contribution >= 4 is 12.0 Å². The Bertz CT molecular complexity index is 460. The highest BCUT2D eigenvalue weighted by molar-refractivity contribution is 6.03. The fraction of sp³-hybridized carbons (Fsp3) is 0.333. The summed E-state index contributed by atoms with van der Waals surface area (Å²) in [5.41, 5.74) is -0.205. The molecule has 1 aromatic rings. The van der Waals surface area contributed by atoms with Crippen molar-refractivity contribution in [2.24, 2.45) is 0 Å². The van der Waals surface area contributed by atoms with Crippen LogP contribution in [0.3, 0.4) is 0 Å². The summed E-state index contributed by atoms with van der Waals surface area (Å²) < 4.78 is 5.21. The topological polar surface area (TPSA) is 46.6 Å². The number of rotatable bonds is 3. The van der Waals surface area contributed by atoms with Crippen LogP contribution in [-0.2, 0) is 4.74 Å².